The van der Waals surface area contributed by atoms with Gasteiger partial charge in [0.2, 0.25) is 17.0 Å². The number of aryl methyl sites for hydroxylation is 1. The normalized spacial score (nSPS) is 18.1. The molecule has 0 saturated heterocycles. The first-order chi connectivity index (χ1) is 7.06. The van der Waals surface area contributed by atoms with E-state index in [9.17, 15) is 9.00 Å². The lowest BCUT2D eigenvalue weighted by Crippen LogP contribution is -2.06. The number of carbonyl (C=O) groups excluding carboxylic acids is 1. The van der Waals surface area contributed by atoms with E-state index in [4.69, 9.17) is 4.18 Å². The van der Waals surface area contributed by atoms with Crippen molar-refractivity contribution in [3.8, 4) is 5.75 Å². The van der Waals surface area contributed by atoms with Gasteiger partial charge < -0.3 is 9.50 Å². The standard InChI is InChI=1S/C10H11NO3S/c1-6-3-9(11-7(2)12)4-8-5-15(13)14-10(6)8/h3-4H,5H2,1-2H3,(H,11,12). The largest absolute Gasteiger partial charge is 0.400 e. The second-order valence-electron chi connectivity index (χ2n) is 3.49. The van der Waals surface area contributed by atoms with E-state index in [1.165, 1.54) is 6.92 Å². The van der Waals surface area contributed by atoms with Crippen molar-refractivity contribution in [2.24, 2.45) is 0 Å². The van der Waals surface area contributed by atoms with Crippen LogP contribution in [0.1, 0.15) is 18.1 Å². The number of benzene rings is 1. The highest BCUT2D eigenvalue weighted by molar-refractivity contribution is 7.80. The maximum Gasteiger partial charge on any atom is 0.221 e. The Hall–Kier alpha value is -1.36. The minimum atomic E-state index is -1.26. The maximum atomic E-state index is 11.2. The Kier molecular flexibility index (Phi) is 2.48. The zero-order chi connectivity index (χ0) is 11.0. The summed E-state index contributed by atoms with van der Waals surface area (Å²) in [6, 6.07) is 3.61. The molecule has 0 bridgehead atoms. The summed E-state index contributed by atoms with van der Waals surface area (Å²) < 4.78 is 16.3. The molecule has 0 aliphatic carbocycles. The van der Waals surface area contributed by atoms with Gasteiger partial charge in [0.25, 0.3) is 0 Å². The Labute approximate surface area is 90.3 Å². The minimum Gasteiger partial charge on any atom is -0.400 e. The van der Waals surface area contributed by atoms with Crippen molar-refractivity contribution in [1.82, 2.24) is 0 Å². The van der Waals surface area contributed by atoms with Crippen molar-refractivity contribution in [3.63, 3.8) is 0 Å². The summed E-state index contributed by atoms with van der Waals surface area (Å²) in [5.41, 5.74) is 2.50. The highest BCUT2D eigenvalue weighted by atomic mass is 32.2. The van der Waals surface area contributed by atoms with Gasteiger partial charge in [0.1, 0.15) is 5.75 Å². The molecular formula is C10H11NO3S. The molecule has 1 N–H and O–H groups in total. The van der Waals surface area contributed by atoms with E-state index in [1.54, 1.807) is 6.07 Å². The number of hydrogen-bond donors (Lipinski definition) is 1. The van der Waals surface area contributed by atoms with E-state index in [-0.39, 0.29) is 5.91 Å². The molecule has 0 fully saturated rings. The van der Waals surface area contributed by atoms with Crippen molar-refractivity contribution >= 4 is 22.7 Å². The van der Waals surface area contributed by atoms with Gasteiger partial charge in [-0.25, -0.2) is 4.21 Å². The highest BCUT2D eigenvalue weighted by Gasteiger charge is 2.21. The molecule has 2 rings (SSSR count). The molecule has 1 heterocycles. The Morgan fingerprint density at radius 3 is 2.93 bits per heavy atom. The third-order valence-corrected chi connectivity index (χ3v) is 3.02. The van der Waals surface area contributed by atoms with Crippen LogP contribution in [0.3, 0.4) is 0 Å². The highest BCUT2D eigenvalue weighted by Crippen LogP contribution is 2.34. The molecule has 4 nitrogen and oxygen atoms in total. The lowest BCUT2D eigenvalue weighted by molar-refractivity contribution is -0.114. The fraction of sp³-hybridized carbons (Fsp3) is 0.300. The van der Waals surface area contributed by atoms with Gasteiger partial charge in [-0.05, 0) is 24.6 Å². The van der Waals surface area contributed by atoms with Gasteiger partial charge in [-0.15, -0.1) is 0 Å². The zero-order valence-electron chi connectivity index (χ0n) is 8.49. The number of amides is 1. The van der Waals surface area contributed by atoms with Crippen LogP contribution in [0, 0.1) is 6.92 Å². The lowest BCUT2D eigenvalue weighted by Gasteiger charge is -2.06. The first kappa shape index (κ1) is 10.2. The van der Waals surface area contributed by atoms with Crippen LogP contribution in [-0.2, 0) is 21.6 Å². The smallest absolute Gasteiger partial charge is 0.221 e. The number of fused-ring (bicyclic) bond motifs is 1. The summed E-state index contributed by atoms with van der Waals surface area (Å²) in [5, 5.41) is 2.70. The quantitative estimate of drug-likeness (QED) is 0.788. The summed E-state index contributed by atoms with van der Waals surface area (Å²) >= 11 is -1.26. The zero-order valence-corrected chi connectivity index (χ0v) is 9.31. The van der Waals surface area contributed by atoms with Crippen LogP contribution in [0.2, 0.25) is 0 Å². The number of nitrogens with one attached hydrogen (secondary N) is 1. The fourth-order valence-electron chi connectivity index (χ4n) is 1.60. The van der Waals surface area contributed by atoms with Crippen LogP contribution in [0.5, 0.6) is 5.75 Å². The van der Waals surface area contributed by atoms with E-state index in [0.29, 0.717) is 11.5 Å². The molecule has 0 radical (unpaired) electrons. The summed E-state index contributed by atoms with van der Waals surface area (Å²) in [6.07, 6.45) is 0. The molecule has 1 aliphatic heterocycles. The van der Waals surface area contributed by atoms with Crippen LogP contribution in [0.25, 0.3) is 0 Å². The molecule has 1 aliphatic rings. The van der Waals surface area contributed by atoms with Crippen molar-refractivity contribution in [2.45, 2.75) is 19.6 Å². The molecular weight excluding hydrogens is 214 g/mol. The van der Waals surface area contributed by atoms with Gasteiger partial charge >= 0.3 is 0 Å². The summed E-state index contributed by atoms with van der Waals surface area (Å²) in [5.74, 6) is 0.959. The molecule has 0 aromatic heterocycles. The van der Waals surface area contributed by atoms with E-state index in [1.807, 2.05) is 13.0 Å². The molecule has 5 heteroatoms. The average molecular weight is 225 g/mol. The third kappa shape index (κ3) is 2.02. The van der Waals surface area contributed by atoms with Crippen LogP contribution in [0.4, 0.5) is 5.69 Å². The minimum absolute atomic E-state index is 0.116. The number of carbonyl (C=O) groups is 1. The van der Waals surface area contributed by atoms with Crippen LogP contribution in [-0.4, -0.2) is 10.1 Å². The van der Waals surface area contributed by atoms with Crippen molar-refractivity contribution in [1.29, 1.82) is 0 Å². The molecule has 0 saturated carbocycles. The molecule has 1 aromatic carbocycles. The predicted molar refractivity (Wildman–Crippen MR) is 58.0 cm³/mol. The van der Waals surface area contributed by atoms with Crippen molar-refractivity contribution < 1.29 is 13.2 Å². The molecule has 1 atom stereocenters. The summed E-state index contributed by atoms with van der Waals surface area (Å²) in [4.78, 5) is 10.9. The third-order valence-electron chi connectivity index (χ3n) is 2.12. The van der Waals surface area contributed by atoms with Gasteiger partial charge in [0, 0.05) is 18.2 Å². The number of hydrogen-bond acceptors (Lipinski definition) is 3. The van der Waals surface area contributed by atoms with Crippen molar-refractivity contribution in [2.75, 3.05) is 5.32 Å². The monoisotopic (exact) mass is 225 g/mol. The van der Waals surface area contributed by atoms with Gasteiger partial charge in [0.05, 0.1) is 5.75 Å². The Bertz CT molecular complexity index is 456. The van der Waals surface area contributed by atoms with E-state index in [0.717, 1.165) is 16.8 Å². The van der Waals surface area contributed by atoms with Crippen molar-refractivity contribution in [3.05, 3.63) is 23.3 Å². The molecule has 80 valence electrons. The second kappa shape index (κ2) is 3.66. The van der Waals surface area contributed by atoms with Crippen LogP contribution >= 0.6 is 0 Å². The summed E-state index contributed by atoms with van der Waals surface area (Å²) in [7, 11) is 0. The van der Waals surface area contributed by atoms with Gasteiger partial charge in [0.15, 0.2) is 0 Å². The number of rotatable bonds is 1. The molecule has 1 amide bonds. The second-order valence-corrected chi connectivity index (χ2v) is 4.56. The van der Waals surface area contributed by atoms with Crippen LogP contribution < -0.4 is 9.50 Å². The van der Waals surface area contributed by atoms with Gasteiger partial charge in [-0.3, -0.25) is 4.79 Å². The maximum absolute atomic E-state index is 11.2. The Morgan fingerprint density at radius 1 is 1.53 bits per heavy atom. The fourth-order valence-corrected chi connectivity index (χ4v) is 2.55. The van der Waals surface area contributed by atoms with Gasteiger partial charge in [-0.1, -0.05) is 0 Å². The van der Waals surface area contributed by atoms with Crippen LogP contribution in [0.15, 0.2) is 12.1 Å². The lowest BCUT2D eigenvalue weighted by atomic mass is 10.1. The Balaban J connectivity index is 2.39. The number of anilines is 1. The topological polar surface area (TPSA) is 55.4 Å². The first-order valence-corrected chi connectivity index (χ1v) is 5.78. The van der Waals surface area contributed by atoms with Gasteiger partial charge in [-0.2, -0.15) is 0 Å². The molecule has 1 unspecified atom stereocenters. The first-order valence-electron chi connectivity index (χ1n) is 4.54. The van der Waals surface area contributed by atoms with E-state index in [2.05, 4.69) is 5.32 Å². The molecule has 1 aromatic rings. The SMILES string of the molecule is CC(=O)Nc1cc(C)c2c(c1)CS(=O)O2. The summed E-state index contributed by atoms with van der Waals surface area (Å²) in [6.45, 7) is 3.32. The molecule has 0 spiro atoms. The Morgan fingerprint density at radius 2 is 2.27 bits per heavy atom. The predicted octanol–water partition coefficient (Wildman–Crippen LogP) is 1.51. The van der Waals surface area contributed by atoms with E-state index < -0.39 is 11.1 Å². The van der Waals surface area contributed by atoms with E-state index >= 15 is 0 Å². The molecule has 15 heavy (non-hydrogen) atoms. The average Bonchev–Trinajstić information content (AvgIpc) is 2.44.